The number of amides is 7. The molecule has 3 aliphatic heterocycles. The van der Waals surface area contributed by atoms with Gasteiger partial charge in [-0.15, -0.1) is 0 Å². The lowest BCUT2D eigenvalue weighted by molar-refractivity contribution is -0.157. The third-order valence-electron chi connectivity index (χ3n) is 19.3. The molecule has 582 valence electrons. The molecule has 0 spiro atoms. The van der Waals surface area contributed by atoms with Crippen LogP contribution in [0.4, 0.5) is 16.2 Å². The second-order valence-electron chi connectivity index (χ2n) is 28.6. The van der Waals surface area contributed by atoms with Crippen LogP contribution in [-0.4, -0.2) is 182 Å². The number of allylic oxidation sites excluding steroid dienone is 3. The molecule has 3 aliphatic rings. The SMILES string of the molecule is COCCCNC(=O)[C@@H](CCC(=O)N[C@@H](C(=O)N[C@H](C)C(=O)Nc1ccc(-c2c(OC)cc3cc2N(C)C(=O)C[C@H](OC(=O)C(C)C)[C@]2(C)O[C@H]2C[C@@H]2CC(O)(NC(=O)O2)[C@H](OC)/C=C\C=C(\C)C3)cc1)C(C)C)NC(=O)c1ccc(C(=O)C(CS(=O)(=O)c2ccc(C)cc2)CS(=O)(=O)c2ccc(C)cc2)cc1. The number of nitrogens with one attached hydrogen (secondary N) is 6. The molecule has 5 aromatic rings. The molecule has 9 atom stereocenters. The van der Waals surface area contributed by atoms with E-state index >= 15 is 0 Å². The highest BCUT2D eigenvalue weighted by Gasteiger charge is 2.62. The fraction of sp³-hybridized carbons (Fsp3) is 0.456. The Morgan fingerprint density at radius 2 is 1.37 bits per heavy atom. The Kier molecular flexibility index (Phi) is 28.4. The Balaban J connectivity index is 0.940. The lowest BCUT2D eigenvalue weighted by atomic mass is 9.90. The molecule has 2 saturated heterocycles. The van der Waals surface area contributed by atoms with Crippen LogP contribution in [0.15, 0.2) is 143 Å². The molecule has 1 unspecified atom stereocenters. The first-order valence-corrected chi connectivity index (χ1v) is 39.0. The summed E-state index contributed by atoms with van der Waals surface area (Å²) in [5.41, 5.74) is 1.79. The average molecular weight is 1530 g/mol. The highest BCUT2D eigenvalue weighted by Crippen LogP contribution is 2.47. The minimum absolute atomic E-state index is 0.0388. The number of fused-ring (bicyclic) bond motifs is 5. The van der Waals surface area contributed by atoms with Gasteiger partial charge in [-0.3, -0.25) is 43.7 Å². The third kappa shape index (κ3) is 21.8. The second kappa shape index (κ2) is 36.5. The fourth-order valence-electron chi connectivity index (χ4n) is 12.8. The monoisotopic (exact) mass is 1530 g/mol. The quantitative estimate of drug-likeness (QED) is 0.0104. The summed E-state index contributed by atoms with van der Waals surface area (Å²) in [6.07, 6.45) is 0.521. The van der Waals surface area contributed by atoms with E-state index in [4.69, 9.17) is 28.4 Å². The van der Waals surface area contributed by atoms with Gasteiger partial charge in [-0.2, -0.15) is 0 Å². The van der Waals surface area contributed by atoms with Gasteiger partial charge in [0.05, 0.1) is 58.5 Å². The number of Topliss-reactive ketones (excluding diaryl/α,β-unsaturated/α-hetero) is 1. The molecule has 8 rings (SSSR count). The number of benzene rings is 5. The highest BCUT2D eigenvalue weighted by atomic mass is 32.2. The van der Waals surface area contributed by atoms with Gasteiger partial charge in [-0.05, 0) is 132 Å². The zero-order valence-corrected chi connectivity index (χ0v) is 64.8. The number of carbonyl (C=O) groups is 9. The zero-order chi connectivity index (χ0) is 79.2. The van der Waals surface area contributed by atoms with Crippen molar-refractivity contribution in [1.29, 1.82) is 0 Å². The van der Waals surface area contributed by atoms with Crippen LogP contribution in [0.5, 0.6) is 5.75 Å². The van der Waals surface area contributed by atoms with Crippen molar-refractivity contribution < 1.29 is 93.5 Å². The van der Waals surface area contributed by atoms with Gasteiger partial charge in [0.25, 0.3) is 5.91 Å². The number of sulfone groups is 2. The fourth-order valence-corrected chi connectivity index (χ4v) is 16.0. The van der Waals surface area contributed by atoms with Crippen molar-refractivity contribution in [3.8, 4) is 16.9 Å². The number of hydrogen-bond donors (Lipinski definition) is 7. The number of aryl methyl sites for hydroxylation is 2. The highest BCUT2D eigenvalue weighted by molar-refractivity contribution is 7.92. The summed E-state index contributed by atoms with van der Waals surface area (Å²) in [6, 6.07) is 23.7. The Bertz CT molecular complexity index is 4340. The van der Waals surface area contributed by atoms with E-state index in [1.165, 1.54) is 81.7 Å². The van der Waals surface area contributed by atoms with Gasteiger partial charge in [-0.25, -0.2) is 21.6 Å². The summed E-state index contributed by atoms with van der Waals surface area (Å²) < 4.78 is 89.8. The molecule has 0 aliphatic carbocycles. The Morgan fingerprint density at radius 3 is 1.94 bits per heavy atom. The molecule has 27 nitrogen and oxygen atoms in total. The molecule has 5 aromatic carbocycles. The molecule has 7 N–H and O–H groups in total. The number of epoxide rings is 1. The van der Waals surface area contributed by atoms with Crippen molar-refractivity contribution in [2.75, 3.05) is 63.3 Å². The summed E-state index contributed by atoms with van der Waals surface area (Å²) in [6.45, 7) is 15.8. The standard InChI is InChI=1S/C79H99N7O20S2/c1-46(2)70(84-67(87)35-34-61(74(92)80-36-15-37-101-11)83-73(91)55-24-22-54(23-25-55)71(89)56(44-107(97,98)59-30-18-48(5)19-31-59)45-108(99,100)60-32-20-49(6)21-33-60)75(93)81-51(8)72(90)82-57-28-26-53(27-29-57)69-62-39-52(40-63(69)102-12)38-50(7)16-14-17-64(103-13)79(96)43-58(104-77(95)85-79)41-66-78(9,106-66)65(42-68(88)86(62)10)105-76(94)47(3)4/h14,16-33,39-40,46-47,51,56,58,61,64-66,70,96H,15,34-38,41-45H2,1-13H3,(H,80,92)(H,81,93)(H,82,90)(H,83,91)(H,84,87)(H,85,95)/b17-14-,50-16-/t51-,58-,61-,64-,65+,66+,70-,78+,79?/m1/s1. The number of carbonyl (C=O) groups excluding carboxylic acids is 9. The summed E-state index contributed by atoms with van der Waals surface area (Å²) in [5, 5.41) is 27.9. The summed E-state index contributed by atoms with van der Waals surface area (Å²) in [7, 11) is -2.42. The van der Waals surface area contributed by atoms with Crippen LogP contribution in [0.25, 0.3) is 11.1 Å². The molecule has 7 amide bonds. The number of ether oxygens (including phenoxy) is 6. The van der Waals surface area contributed by atoms with Crippen LogP contribution >= 0.6 is 0 Å². The van der Waals surface area contributed by atoms with Crippen LogP contribution in [0.3, 0.4) is 0 Å². The average Bonchev–Trinajstić information content (AvgIpc) is 1.58. The number of anilines is 2. The summed E-state index contributed by atoms with van der Waals surface area (Å²) in [5.74, 6) is -9.20. The first-order chi connectivity index (χ1) is 51.0. The van der Waals surface area contributed by atoms with Crippen LogP contribution in [0, 0.1) is 31.6 Å². The molecule has 29 heteroatoms. The molecule has 0 saturated carbocycles. The number of aliphatic hydroxyl groups is 1. The molecule has 0 radical (unpaired) electrons. The number of hydrogen-bond acceptors (Lipinski definition) is 20. The smallest absolute Gasteiger partial charge is 0.409 e. The zero-order valence-electron chi connectivity index (χ0n) is 63.1. The Morgan fingerprint density at radius 1 is 0.759 bits per heavy atom. The maximum Gasteiger partial charge on any atom is 0.409 e. The summed E-state index contributed by atoms with van der Waals surface area (Å²) >= 11 is 0. The predicted molar refractivity (Wildman–Crippen MR) is 403 cm³/mol. The van der Waals surface area contributed by atoms with E-state index < -0.39 is 156 Å². The number of alkyl carbamates (subject to hydrolysis) is 1. The van der Waals surface area contributed by atoms with Crippen molar-refractivity contribution in [2.24, 2.45) is 17.8 Å². The van der Waals surface area contributed by atoms with Crippen LogP contribution in [0.2, 0.25) is 0 Å². The predicted octanol–water partition coefficient (Wildman–Crippen LogP) is 7.77. The second-order valence-corrected chi connectivity index (χ2v) is 32.7. The van der Waals surface area contributed by atoms with Crippen LogP contribution in [0.1, 0.15) is 124 Å². The number of rotatable bonds is 29. The molecule has 0 aromatic heterocycles. The van der Waals surface area contributed by atoms with Crippen molar-refractivity contribution >= 4 is 84.3 Å². The lowest BCUT2D eigenvalue weighted by Gasteiger charge is -2.40. The van der Waals surface area contributed by atoms with Crippen molar-refractivity contribution in [1.82, 2.24) is 26.6 Å². The topological polar surface area (TPSA) is 376 Å². The van der Waals surface area contributed by atoms with Crippen molar-refractivity contribution in [3.63, 3.8) is 0 Å². The minimum Gasteiger partial charge on any atom is -0.496 e. The van der Waals surface area contributed by atoms with Gasteiger partial charge in [0.2, 0.25) is 29.5 Å². The molecule has 2 fully saturated rings. The van der Waals surface area contributed by atoms with E-state index in [-0.39, 0.29) is 59.6 Å². The maximum absolute atomic E-state index is 14.8. The third-order valence-corrected chi connectivity index (χ3v) is 22.9. The van der Waals surface area contributed by atoms with Crippen LogP contribution < -0.4 is 41.5 Å². The maximum atomic E-state index is 14.8. The molecule has 108 heavy (non-hydrogen) atoms. The number of nitrogens with zero attached hydrogens (tertiary/aromatic N) is 1. The largest absolute Gasteiger partial charge is 0.496 e. The van der Waals surface area contributed by atoms with Gasteiger partial charge in [-0.1, -0.05) is 111 Å². The van der Waals surface area contributed by atoms with Gasteiger partial charge < -0.3 is 65.0 Å². The van der Waals surface area contributed by atoms with E-state index in [0.717, 1.165) is 22.3 Å². The first-order valence-electron chi connectivity index (χ1n) is 35.7. The van der Waals surface area contributed by atoms with E-state index in [1.807, 2.05) is 25.1 Å². The molecular formula is C79H99N7O20S2. The lowest BCUT2D eigenvalue weighted by Crippen LogP contribution is -2.62. The van der Waals surface area contributed by atoms with Crippen LogP contribution in [-0.2, 0) is 78.5 Å². The molecular weight excluding hydrogens is 1430 g/mol. The van der Waals surface area contributed by atoms with E-state index in [9.17, 15) is 65.1 Å². The number of methoxy groups -OCH3 is 3. The van der Waals surface area contributed by atoms with Crippen molar-refractivity contribution in [3.05, 3.63) is 161 Å². The van der Waals surface area contributed by atoms with E-state index in [1.54, 1.807) is 116 Å². The normalized spacial score (nSPS) is 21.3. The van der Waals surface area contributed by atoms with Gasteiger partial charge >= 0.3 is 12.1 Å². The van der Waals surface area contributed by atoms with E-state index in [2.05, 4.69) is 31.9 Å². The van der Waals surface area contributed by atoms with Gasteiger partial charge in [0.1, 0.15) is 47.8 Å². The van der Waals surface area contributed by atoms with Crippen molar-refractivity contribution in [2.45, 2.75) is 171 Å². The minimum atomic E-state index is -4.21. The number of esters is 1. The van der Waals surface area contributed by atoms with Gasteiger partial charge in [0, 0.05) is 76.1 Å². The Labute approximate surface area is 630 Å². The Hall–Kier alpha value is -9.65. The van der Waals surface area contributed by atoms with Gasteiger partial charge in [0.15, 0.2) is 31.2 Å². The molecule has 4 bridgehead atoms. The van der Waals surface area contributed by atoms with E-state index in [0.29, 0.717) is 47.7 Å². The summed E-state index contributed by atoms with van der Waals surface area (Å²) in [4.78, 5) is 126. The first kappa shape index (κ1) is 84.0. The molecule has 3 heterocycles. The number of ketones is 1.